The number of aromatic nitrogens is 2. The molecule has 0 aromatic carbocycles. The van der Waals surface area contributed by atoms with E-state index in [4.69, 9.17) is 0 Å². The molecule has 0 aliphatic carbocycles. The van der Waals surface area contributed by atoms with Gasteiger partial charge in [0.25, 0.3) is 0 Å². The number of nitrogens with zero attached hydrogens (tertiary/aromatic N) is 3. The molecule has 0 unspecified atom stereocenters. The summed E-state index contributed by atoms with van der Waals surface area (Å²) in [6, 6.07) is 5.98. The highest BCUT2D eigenvalue weighted by atomic mass is 32.2. The maximum absolute atomic E-state index is 11.6. The number of hydrogen-bond acceptors (Lipinski definition) is 5. The Kier molecular flexibility index (Phi) is 4.29. The maximum Gasteiger partial charge on any atom is 0.211 e. The van der Waals surface area contributed by atoms with Gasteiger partial charge in [-0.2, -0.15) is 0 Å². The largest absolute Gasteiger partial charge is 0.250 e. The van der Waals surface area contributed by atoms with E-state index in [9.17, 15) is 8.42 Å². The topological polar surface area (TPSA) is 63.2 Å². The van der Waals surface area contributed by atoms with Crippen molar-refractivity contribution in [2.45, 2.75) is 19.8 Å². The summed E-state index contributed by atoms with van der Waals surface area (Å²) in [5.41, 5.74) is 2.91. The molecule has 3 heterocycles. The van der Waals surface area contributed by atoms with Crippen molar-refractivity contribution in [1.82, 2.24) is 14.3 Å². The molecule has 0 bridgehead atoms. The van der Waals surface area contributed by atoms with Crippen molar-refractivity contribution < 1.29 is 8.42 Å². The molecule has 0 N–H and O–H groups in total. The van der Waals surface area contributed by atoms with Crippen LogP contribution in [0.15, 0.2) is 23.6 Å². The van der Waals surface area contributed by atoms with Crippen LogP contribution < -0.4 is 0 Å². The van der Waals surface area contributed by atoms with E-state index in [-0.39, 0.29) is 0 Å². The molecule has 7 heteroatoms. The van der Waals surface area contributed by atoms with Crippen LogP contribution in [0.25, 0.3) is 10.7 Å². The average Bonchev–Trinajstić information content (AvgIpc) is 3.08. The van der Waals surface area contributed by atoms with Crippen molar-refractivity contribution >= 4 is 21.4 Å². The van der Waals surface area contributed by atoms with Crippen LogP contribution in [0.4, 0.5) is 0 Å². The molecule has 3 rings (SSSR count). The lowest BCUT2D eigenvalue weighted by Crippen LogP contribution is -2.27. The van der Waals surface area contributed by atoms with Crippen molar-refractivity contribution in [1.29, 1.82) is 0 Å². The van der Waals surface area contributed by atoms with Gasteiger partial charge in [0.1, 0.15) is 5.01 Å². The molecule has 1 atom stereocenters. The Hall–Kier alpha value is -1.31. The summed E-state index contributed by atoms with van der Waals surface area (Å²) in [7, 11) is -3.07. The Labute approximate surface area is 135 Å². The number of sulfonamides is 1. The fourth-order valence-electron chi connectivity index (χ4n) is 2.74. The molecule has 5 nitrogen and oxygen atoms in total. The quantitative estimate of drug-likeness (QED) is 0.859. The smallest absolute Gasteiger partial charge is 0.211 e. The van der Waals surface area contributed by atoms with Gasteiger partial charge in [-0.15, -0.1) is 11.3 Å². The number of aryl methyl sites for hydroxylation is 1. The first kappa shape index (κ1) is 15.6. The van der Waals surface area contributed by atoms with Crippen LogP contribution in [0.3, 0.4) is 0 Å². The first-order valence-corrected chi connectivity index (χ1v) is 9.98. The summed E-state index contributed by atoms with van der Waals surface area (Å²) in [4.78, 5) is 9.15. The highest BCUT2D eigenvalue weighted by molar-refractivity contribution is 7.88. The molecule has 0 saturated carbocycles. The van der Waals surface area contributed by atoms with E-state index in [1.807, 2.05) is 30.5 Å². The minimum absolute atomic E-state index is 0.343. The minimum atomic E-state index is -3.07. The van der Waals surface area contributed by atoms with Gasteiger partial charge < -0.3 is 0 Å². The van der Waals surface area contributed by atoms with Crippen molar-refractivity contribution in [2.75, 3.05) is 19.3 Å². The first-order chi connectivity index (χ1) is 10.4. The number of hydrogen-bond donors (Lipinski definition) is 0. The number of pyridine rings is 1. The summed E-state index contributed by atoms with van der Waals surface area (Å²) in [5, 5.41) is 2.95. The van der Waals surface area contributed by atoms with Crippen LogP contribution in [0.1, 0.15) is 17.8 Å². The fourth-order valence-corrected chi connectivity index (χ4v) is 4.43. The van der Waals surface area contributed by atoms with Crippen LogP contribution >= 0.6 is 11.3 Å². The van der Waals surface area contributed by atoms with Crippen molar-refractivity contribution in [3.05, 3.63) is 35.0 Å². The Bertz CT molecular complexity index is 771. The maximum atomic E-state index is 11.6. The summed E-state index contributed by atoms with van der Waals surface area (Å²) in [6.45, 7) is 3.19. The molecule has 1 fully saturated rings. The van der Waals surface area contributed by atoms with Gasteiger partial charge in [0.2, 0.25) is 10.0 Å². The van der Waals surface area contributed by atoms with Gasteiger partial charge in [-0.05, 0) is 37.8 Å². The molecular weight excluding hydrogens is 318 g/mol. The van der Waals surface area contributed by atoms with Gasteiger partial charge in [0.15, 0.2) is 0 Å². The zero-order chi connectivity index (χ0) is 15.7. The molecule has 1 aliphatic rings. The monoisotopic (exact) mass is 337 g/mol. The standard InChI is InChI=1S/C15H19N3O2S2/c1-11-10-21-15(16-11)14-5-3-4-13(17-14)8-12-6-7-18(9-12)22(2,19)20/h3-5,10,12H,6-9H2,1-2H3/t12-/m0/s1. The van der Waals surface area contributed by atoms with Crippen LogP contribution in [-0.2, 0) is 16.4 Å². The second kappa shape index (κ2) is 6.06. The van der Waals surface area contributed by atoms with Gasteiger partial charge in [0, 0.05) is 29.9 Å². The van der Waals surface area contributed by atoms with Crippen molar-refractivity contribution in [2.24, 2.45) is 5.92 Å². The Balaban J connectivity index is 1.72. The summed E-state index contributed by atoms with van der Waals surface area (Å²) >= 11 is 1.60. The summed E-state index contributed by atoms with van der Waals surface area (Å²) in [5.74, 6) is 0.343. The average molecular weight is 337 g/mol. The highest BCUT2D eigenvalue weighted by Gasteiger charge is 2.28. The zero-order valence-electron chi connectivity index (χ0n) is 12.7. The summed E-state index contributed by atoms with van der Waals surface area (Å²) in [6.07, 6.45) is 2.98. The molecule has 1 aliphatic heterocycles. The predicted octanol–water partition coefficient (Wildman–Crippen LogP) is 2.34. The molecule has 2 aromatic heterocycles. The molecule has 0 amide bonds. The lowest BCUT2D eigenvalue weighted by molar-refractivity contribution is 0.459. The lowest BCUT2D eigenvalue weighted by atomic mass is 10.0. The third kappa shape index (κ3) is 3.53. The second-order valence-electron chi connectivity index (χ2n) is 5.79. The predicted molar refractivity (Wildman–Crippen MR) is 88.3 cm³/mol. The SMILES string of the molecule is Cc1csc(-c2cccc(C[C@@H]3CCN(S(C)(=O)=O)C3)n2)n1. The van der Waals surface area contributed by atoms with E-state index in [0.29, 0.717) is 19.0 Å². The molecule has 22 heavy (non-hydrogen) atoms. The molecule has 0 spiro atoms. The summed E-state index contributed by atoms with van der Waals surface area (Å²) < 4.78 is 24.7. The van der Waals surface area contributed by atoms with Crippen molar-refractivity contribution in [3.8, 4) is 10.7 Å². The third-order valence-corrected chi connectivity index (χ3v) is 6.11. The molecule has 2 aromatic rings. The van der Waals surface area contributed by atoms with Gasteiger partial charge >= 0.3 is 0 Å². The van der Waals surface area contributed by atoms with E-state index in [1.165, 1.54) is 6.26 Å². The highest BCUT2D eigenvalue weighted by Crippen LogP contribution is 2.25. The van der Waals surface area contributed by atoms with Crippen LogP contribution in [0.2, 0.25) is 0 Å². The molecule has 118 valence electrons. The Morgan fingerprint density at radius 2 is 2.18 bits per heavy atom. The van der Waals surface area contributed by atoms with Crippen LogP contribution in [0.5, 0.6) is 0 Å². The van der Waals surface area contributed by atoms with E-state index in [2.05, 4.69) is 9.97 Å². The second-order valence-corrected chi connectivity index (χ2v) is 8.63. The van der Waals surface area contributed by atoms with E-state index >= 15 is 0 Å². The lowest BCUT2D eigenvalue weighted by Gasteiger charge is -2.13. The van der Waals surface area contributed by atoms with Gasteiger partial charge in [0.05, 0.1) is 11.9 Å². The molecular formula is C15H19N3O2S2. The van der Waals surface area contributed by atoms with Crippen molar-refractivity contribution in [3.63, 3.8) is 0 Å². The van der Waals surface area contributed by atoms with E-state index in [1.54, 1.807) is 15.6 Å². The van der Waals surface area contributed by atoms with E-state index in [0.717, 1.165) is 34.9 Å². The minimum Gasteiger partial charge on any atom is -0.250 e. The van der Waals surface area contributed by atoms with E-state index < -0.39 is 10.0 Å². The normalized spacial score (nSPS) is 19.6. The third-order valence-electron chi connectivity index (χ3n) is 3.86. The number of thiazole rings is 1. The van der Waals surface area contributed by atoms with Crippen LogP contribution in [-0.4, -0.2) is 42.0 Å². The molecule has 0 radical (unpaired) electrons. The first-order valence-electron chi connectivity index (χ1n) is 7.25. The number of rotatable bonds is 4. The van der Waals surface area contributed by atoms with Gasteiger partial charge in [-0.25, -0.2) is 17.7 Å². The van der Waals surface area contributed by atoms with Gasteiger partial charge in [-0.3, -0.25) is 4.98 Å². The Morgan fingerprint density at radius 3 is 2.82 bits per heavy atom. The van der Waals surface area contributed by atoms with Gasteiger partial charge in [-0.1, -0.05) is 6.07 Å². The molecule has 1 saturated heterocycles. The van der Waals surface area contributed by atoms with Crippen LogP contribution in [0, 0.1) is 12.8 Å². The zero-order valence-corrected chi connectivity index (χ0v) is 14.3. The Morgan fingerprint density at radius 1 is 1.36 bits per heavy atom. The fraction of sp³-hybridized carbons (Fsp3) is 0.467.